The van der Waals surface area contributed by atoms with Crippen molar-refractivity contribution in [1.82, 2.24) is 4.98 Å². The minimum Gasteiger partial charge on any atom is -0.497 e. The number of carbonyl (C=O) groups excluding carboxylic acids is 2. The van der Waals surface area contributed by atoms with Crippen LogP contribution in [0.4, 0.5) is 5.69 Å². The molecule has 0 atom stereocenters. The van der Waals surface area contributed by atoms with Crippen molar-refractivity contribution in [3.05, 3.63) is 70.2 Å². The molecular formula is C22H22N2O3S2. The summed E-state index contributed by atoms with van der Waals surface area (Å²) in [4.78, 5) is 29.1. The van der Waals surface area contributed by atoms with E-state index in [0.717, 1.165) is 26.9 Å². The molecule has 0 fully saturated rings. The molecule has 0 aliphatic rings. The van der Waals surface area contributed by atoms with Crippen molar-refractivity contribution < 1.29 is 14.3 Å². The van der Waals surface area contributed by atoms with Crippen LogP contribution in [0.3, 0.4) is 0 Å². The van der Waals surface area contributed by atoms with Gasteiger partial charge < -0.3 is 10.1 Å². The first-order valence-electron chi connectivity index (χ1n) is 9.06. The first-order chi connectivity index (χ1) is 13.9. The Balaban J connectivity index is 1.52. The van der Waals surface area contributed by atoms with Gasteiger partial charge in [-0.05, 0) is 49.7 Å². The summed E-state index contributed by atoms with van der Waals surface area (Å²) in [6, 6.07) is 13.0. The molecular weight excluding hydrogens is 404 g/mol. The highest BCUT2D eigenvalue weighted by Crippen LogP contribution is 2.24. The molecule has 0 saturated carbocycles. The Bertz CT molecular complexity index is 1010. The number of carbonyl (C=O) groups is 2. The molecule has 0 saturated heterocycles. The molecule has 1 N–H and O–H groups in total. The van der Waals surface area contributed by atoms with E-state index in [2.05, 4.69) is 10.3 Å². The van der Waals surface area contributed by atoms with E-state index in [-0.39, 0.29) is 18.1 Å². The van der Waals surface area contributed by atoms with Crippen LogP contribution in [0.2, 0.25) is 0 Å². The number of ketones is 1. The molecule has 1 amide bonds. The summed E-state index contributed by atoms with van der Waals surface area (Å²) in [5.74, 6) is 0.946. The monoisotopic (exact) mass is 426 g/mol. The number of rotatable bonds is 8. The number of amides is 1. The number of thiazole rings is 1. The number of anilines is 1. The van der Waals surface area contributed by atoms with Crippen molar-refractivity contribution in [2.45, 2.75) is 24.6 Å². The third-order valence-electron chi connectivity index (χ3n) is 4.27. The van der Waals surface area contributed by atoms with Crippen LogP contribution in [0, 0.1) is 13.8 Å². The lowest BCUT2D eigenvalue weighted by molar-refractivity contribution is -0.115. The Labute approximate surface area is 178 Å². The van der Waals surface area contributed by atoms with E-state index in [1.807, 2.05) is 37.4 Å². The van der Waals surface area contributed by atoms with Gasteiger partial charge in [-0.25, -0.2) is 4.98 Å². The van der Waals surface area contributed by atoms with Gasteiger partial charge in [0.05, 0.1) is 25.0 Å². The lowest BCUT2D eigenvalue weighted by atomic mass is 10.1. The Hall–Kier alpha value is -2.64. The van der Waals surface area contributed by atoms with Gasteiger partial charge >= 0.3 is 0 Å². The number of hydrogen-bond donors (Lipinski definition) is 1. The number of benzene rings is 2. The number of methoxy groups -OCH3 is 1. The van der Waals surface area contributed by atoms with E-state index < -0.39 is 0 Å². The fraction of sp³-hybridized carbons (Fsp3) is 0.227. The van der Waals surface area contributed by atoms with Gasteiger partial charge in [-0.2, -0.15) is 0 Å². The third-order valence-corrected chi connectivity index (χ3v) is 6.34. The quantitative estimate of drug-likeness (QED) is 0.409. The minimum atomic E-state index is -0.104. The van der Waals surface area contributed by atoms with Gasteiger partial charge in [0.15, 0.2) is 10.1 Å². The van der Waals surface area contributed by atoms with E-state index in [0.29, 0.717) is 17.0 Å². The average Bonchev–Trinajstić information content (AvgIpc) is 3.15. The van der Waals surface area contributed by atoms with Crippen LogP contribution in [-0.4, -0.2) is 29.5 Å². The van der Waals surface area contributed by atoms with Crippen molar-refractivity contribution >= 4 is 40.5 Å². The first kappa shape index (κ1) is 21.1. The zero-order chi connectivity index (χ0) is 20.8. The molecule has 0 spiro atoms. The molecule has 0 unspecified atom stereocenters. The number of nitrogens with zero attached hydrogens (tertiary/aromatic N) is 1. The second kappa shape index (κ2) is 9.71. The smallest absolute Gasteiger partial charge is 0.230 e. The lowest BCUT2D eigenvalue weighted by Gasteiger charge is -2.08. The molecule has 7 heteroatoms. The highest BCUT2D eigenvalue weighted by molar-refractivity contribution is 8.01. The van der Waals surface area contributed by atoms with Gasteiger partial charge in [-0.15, -0.1) is 11.3 Å². The molecule has 3 rings (SSSR count). The molecule has 150 valence electrons. The zero-order valence-electron chi connectivity index (χ0n) is 16.5. The number of hydrogen-bond acceptors (Lipinski definition) is 6. The maximum absolute atomic E-state index is 12.3. The maximum Gasteiger partial charge on any atom is 0.230 e. The Morgan fingerprint density at radius 2 is 1.90 bits per heavy atom. The van der Waals surface area contributed by atoms with E-state index in [4.69, 9.17) is 4.74 Å². The highest BCUT2D eigenvalue weighted by atomic mass is 32.2. The van der Waals surface area contributed by atoms with Crippen molar-refractivity contribution in [3.63, 3.8) is 0 Å². The van der Waals surface area contributed by atoms with Crippen LogP contribution in [0.25, 0.3) is 0 Å². The van der Waals surface area contributed by atoms with Gasteiger partial charge in [0.1, 0.15) is 5.75 Å². The number of Topliss-reactive ketones (excluding diaryl/α,β-unsaturated/α-hetero) is 1. The molecule has 0 bridgehead atoms. The van der Waals surface area contributed by atoms with E-state index in [1.54, 1.807) is 31.4 Å². The van der Waals surface area contributed by atoms with Crippen LogP contribution >= 0.6 is 23.1 Å². The summed E-state index contributed by atoms with van der Waals surface area (Å²) in [7, 11) is 1.59. The second-order valence-electron chi connectivity index (χ2n) is 6.59. The van der Waals surface area contributed by atoms with Gasteiger partial charge in [-0.3, -0.25) is 9.59 Å². The zero-order valence-corrected chi connectivity index (χ0v) is 18.2. The standard InChI is InChI=1S/C22H22N2O3S2/c1-14-4-9-19(15(2)10-14)24-21(26)11-17-12-28-22(23-17)29-13-20(25)16-5-7-18(27-3)8-6-16/h4-10,12H,11,13H2,1-3H3,(H,24,26). The third kappa shape index (κ3) is 5.92. The number of nitrogens with one attached hydrogen (secondary N) is 1. The molecule has 0 radical (unpaired) electrons. The minimum absolute atomic E-state index is 0.0296. The van der Waals surface area contributed by atoms with Crippen molar-refractivity contribution in [1.29, 1.82) is 0 Å². The fourth-order valence-corrected chi connectivity index (χ4v) is 4.48. The van der Waals surface area contributed by atoms with E-state index in [1.165, 1.54) is 23.1 Å². The second-order valence-corrected chi connectivity index (χ2v) is 8.67. The van der Waals surface area contributed by atoms with Gasteiger partial charge in [0, 0.05) is 16.6 Å². The molecule has 0 aliphatic heterocycles. The normalized spacial score (nSPS) is 10.6. The molecule has 2 aromatic carbocycles. The first-order valence-corrected chi connectivity index (χ1v) is 10.9. The predicted octanol–water partition coefficient (Wildman–Crippen LogP) is 4.92. The number of thioether (sulfide) groups is 1. The van der Waals surface area contributed by atoms with Gasteiger partial charge in [0.2, 0.25) is 5.91 Å². The Kier molecular flexibility index (Phi) is 7.06. The molecule has 0 aliphatic carbocycles. The average molecular weight is 427 g/mol. The Morgan fingerprint density at radius 3 is 2.59 bits per heavy atom. The maximum atomic E-state index is 12.3. The largest absolute Gasteiger partial charge is 0.497 e. The summed E-state index contributed by atoms with van der Waals surface area (Å²) in [6.07, 6.45) is 0.205. The van der Waals surface area contributed by atoms with Crippen molar-refractivity contribution in [3.8, 4) is 5.75 Å². The van der Waals surface area contributed by atoms with Crippen LogP contribution in [-0.2, 0) is 11.2 Å². The fourth-order valence-electron chi connectivity index (χ4n) is 2.74. The summed E-state index contributed by atoms with van der Waals surface area (Å²) >= 11 is 2.83. The van der Waals surface area contributed by atoms with Crippen LogP contribution in [0.1, 0.15) is 27.2 Å². The summed E-state index contributed by atoms with van der Waals surface area (Å²) < 4.78 is 5.88. The number of aryl methyl sites for hydroxylation is 2. The topological polar surface area (TPSA) is 68.3 Å². The van der Waals surface area contributed by atoms with Gasteiger partial charge in [0.25, 0.3) is 0 Å². The van der Waals surface area contributed by atoms with Crippen LogP contribution in [0.15, 0.2) is 52.2 Å². The van der Waals surface area contributed by atoms with Crippen molar-refractivity contribution in [2.75, 3.05) is 18.2 Å². The lowest BCUT2D eigenvalue weighted by Crippen LogP contribution is -2.15. The molecule has 29 heavy (non-hydrogen) atoms. The predicted molar refractivity (Wildman–Crippen MR) is 118 cm³/mol. The molecule has 1 aromatic heterocycles. The molecule has 3 aromatic rings. The highest BCUT2D eigenvalue weighted by Gasteiger charge is 2.12. The molecule has 5 nitrogen and oxygen atoms in total. The summed E-state index contributed by atoms with van der Waals surface area (Å²) in [5.41, 5.74) is 4.35. The Morgan fingerprint density at radius 1 is 1.14 bits per heavy atom. The number of aromatic nitrogens is 1. The SMILES string of the molecule is COc1ccc(C(=O)CSc2nc(CC(=O)Nc3ccc(C)cc3C)cs2)cc1. The van der Waals surface area contributed by atoms with Crippen LogP contribution in [0.5, 0.6) is 5.75 Å². The van der Waals surface area contributed by atoms with Crippen molar-refractivity contribution in [2.24, 2.45) is 0 Å². The van der Waals surface area contributed by atoms with Gasteiger partial charge in [-0.1, -0.05) is 29.5 Å². The van der Waals surface area contributed by atoms with Crippen LogP contribution < -0.4 is 10.1 Å². The summed E-state index contributed by atoms with van der Waals surface area (Å²) in [6.45, 7) is 3.99. The van der Waals surface area contributed by atoms with E-state index >= 15 is 0 Å². The van der Waals surface area contributed by atoms with E-state index in [9.17, 15) is 9.59 Å². The summed E-state index contributed by atoms with van der Waals surface area (Å²) in [5, 5.41) is 4.79. The molecule has 1 heterocycles. The number of ether oxygens (including phenoxy) is 1.